The van der Waals surface area contributed by atoms with E-state index in [9.17, 15) is 15.0 Å². The van der Waals surface area contributed by atoms with Crippen LogP contribution in [0, 0.1) is 0 Å². The van der Waals surface area contributed by atoms with Gasteiger partial charge in [0, 0.05) is 24.3 Å². The number of amides is 1. The van der Waals surface area contributed by atoms with Gasteiger partial charge in [0.2, 0.25) is 5.95 Å². The van der Waals surface area contributed by atoms with Gasteiger partial charge in [0.1, 0.15) is 11.8 Å². The number of nitrogen functional groups attached to an aromatic ring is 1. The molecule has 2 atom stereocenters. The Bertz CT molecular complexity index is 703. The number of hydrogen-bond donors (Lipinski definition) is 3. The van der Waals surface area contributed by atoms with Crippen LogP contribution in [-0.2, 0) is 17.6 Å². The molecule has 3 aliphatic rings. The highest BCUT2D eigenvalue weighted by atomic mass is 16.5. The summed E-state index contributed by atoms with van der Waals surface area (Å²) in [6.07, 6.45) is 3.50. The van der Waals surface area contributed by atoms with Crippen LogP contribution in [0.25, 0.3) is 0 Å². The maximum atomic E-state index is 13.1. The van der Waals surface area contributed by atoms with Crippen molar-refractivity contribution in [2.24, 2.45) is 0 Å². The summed E-state index contributed by atoms with van der Waals surface area (Å²) in [5.74, 6) is 0.0228. The molecule has 1 spiro atoms. The molecule has 2 fully saturated rings. The van der Waals surface area contributed by atoms with Gasteiger partial charge in [-0.15, -0.1) is 0 Å². The molecule has 3 heterocycles. The van der Waals surface area contributed by atoms with Crippen molar-refractivity contribution in [2.45, 2.75) is 62.8 Å². The molecule has 0 radical (unpaired) electrons. The van der Waals surface area contributed by atoms with Crippen molar-refractivity contribution in [3.8, 4) is 0 Å². The van der Waals surface area contributed by atoms with Crippen LogP contribution < -0.4 is 5.73 Å². The van der Waals surface area contributed by atoms with Gasteiger partial charge in [-0.05, 0) is 44.9 Å². The number of carbonyl (C=O) groups excluding carboxylic acids is 1. The van der Waals surface area contributed by atoms with E-state index in [1.165, 1.54) is 0 Å². The van der Waals surface area contributed by atoms with E-state index in [1.54, 1.807) is 4.90 Å². The molecule has 1 amide bonds. The Balaban J connectivity index is 1.52. The maximum absolute atomic E-state index is 13.1. The molecule has 1 aromatic heterocycles. The first kappa shape index (κ1) is 17.6. The minimum Gasteiger partial charge on any atom is -0.390 e. The fourth-order valence-corrected chi connectivity index (χ4v) is 4.45. The van der Waals surface area contributed by atoms with Crippen LogP contribution >= 0.6 is 0 Å². The second-order valence-electron chi connectivity index (χ2n) is 7.57. The fourth-order valence-electron chi connectivity index (χ4n) is 4.45. The summed E-state index contributed by atoms with van der Waals surface area (Å²) in [5, 5.41) is 20.3. The Kier molecular flexibility index (Phi) is 4.58. The molecule has 1 aliphatic carbocycles. The first-order valence-electron chi connectivity index (χ1n) is 9.45. The molecule has 2 aliphatic heterocycles. The van der Waals surface area contributed by atoms with Gasteiger partial charge in [0.05, 0.1) is 18.3 Å². The molecule has 26 heavy (non-hydrogen) atoms. The predicted octanol–water partition coefficient (Wildman–Crippen LogP) is 0.0545. The number of likely N-dealkylation sites (tertiary alicyclic amines) is 1. The van der Waals surface area contributed by atoms with Gasteiger partial charge >= 0.3 is 0 Å². The number of aromatic nitrogens is 2. The molecule has 2 saturated heterocycles. The number of piperidine rings is 1. The molecular formula is C18H26N4O4. The number of nitrogens with zero attached hydrogens (tertiary/aromatic N) is 3. The number of aliphatic hydroxyl groups is 2. The summed E-state index contributed by atoms with van der Waals surface area (Å²) in [5.41, 5.74) is 7.32. The van der Waals surface area contributed by atoms with E-state index in [4.69, 9.17) is 10.5 Å². The molecule has 1 aromatic rings. The number of carbonyl (C=O) groups is 1. The lowest BCUT2D eigenvalue weighted by Gasteiger charge is -2.48. The molecule has 4 rings (SSSR count). The van der Waals surface area contributed by atoms with Gasteiger partial charge in [0.25, 0.3) is 5.91 Å². The zero-order valence-electron chi connectivity index (χ0n) is 14.9. The zero-order chi connectivity index (χ0) is 18.3. The van der Waals surface area contributed by atoms with Crippen LogP contribution in [0.1, 0.15) is 53.8 Å². The zero-order valence-corrected chi connectivity index (χ0v) is 14.9. The topological polar surface area (TPSA) is 122 Å². The van der Waals surface area contributed by atoms with Gasteiger partial charge in [-0.2, -0.15) is 0 Å². The highest BCUT2D eigenvalue weighted by molar-refractivity contribution is 5.94. The summed E-state index contributed by atoms with van der Waals surface area (Å²) in [6.45, 7) is 1.35. The van der Waals surface area contributed by atoms with E-state index in [-0.39, 0.29) is 11.9 Å². The van der Waals surface area contributed by atoms with Gasteiger partial charge in [0.15, 0.2) is 0 Å². The molecule has 8 heteroatoms. The average Bonchev–Trinajstić information content (AvgIpc) is 2.65. The molecule has 142 valence electrons. The SMILES string of the molecule is Nc1nc2c(c(C(=O)N3CCC4(CC3)OCC[C@H](O)[C@@H]4O)n1)CCCC2. The van der Waals surface area contributed by atoms with Crippen molar-refractivity contribution in [2.75, 3.05) is 25.4 Å². The van der Waals surface area contributed by atoms with Crippen molar-refractivity contribution in [3.05, 3.63) is 17.0 Å². The smallest absolute Gasteiger partial charge is 0.272 e. The maximum Gasteiger partial charge on any atom is 0.272 e. The van der Waals surface area contributed by atoms with E-state index >= 15 is 0 Å². The van der Waals surface area contributed by atoms with Crippen molar-refractivity contribution in [1.82, 2.24) is 14.9 Å². The third kappa shape index (κ3) is 2.95. The molecular weight excluding hydrogens is 336 g/mol. The molecule has 0 bridgehead atoms. The van der Waals surface area contributed by atoms with E-state index in [1.807, 2.05) is 0 Å². The normalized spacial score (nSPS) is 28.0. The minimum absolute atomic E-state index is 0.127. The van der Waals surface area contributed by atoms with Gasteiger partial charge in [-0.3, -0.25) is 4.79 Å². The number of aliphatic hydroxyl groups excluding tert-OH is 2. The quantitative estimate of drug-likeness (QED) is 0.645. The van der Waals surface area contributed by atoms with Crippen LogP contribution in [0.15, 0.2) is 0 Å². The van der Waals surface area contributed by atoms with E-state index in [0.29, 0.717) is 44.7 Å². The Morgan fingerprint density at radius 3 is 2.69 bits per heavy atom. The number of aryl methyl sites for hydroxylation is 1. The lowest BCUT2D eigenvalue weighted by molar-refractivity contribution is -0.212. The van der Waals surface area contributed by atoms with Crippen LogP contribution in [0.3, 0.4) is 0 Å². The summed E-state index contributed by atoms with van der Waals surface area (Å²) in [4.78, 5) is 23.4. The van der Waals surface area contributed by atoms with Gasteiger partial charge in [-0.25, -0.2) is 9.97 Å². The summed E-state index contributed by atoms with van der Waals surface area (Å²) in [7, 11) is 0. The third-order valence-corrected chi connectivity index (χ3v) is 6.01. The first-order valence-corrected chi connectivity index (χ1v) is 9.45. The molecule has 0 saturated carbocycles. The number of anilines is 1. The molecule has 0 unspecified atom stereocenters. The largest absolute Gasteiger partial charge is 0.390 e. The van der Waals surface area contributed by atoms with E-state index in [0.717, 1.165) is 36.9 Å². The number of rotatable bonds is 1. The monoisotopic (exact) mass is 362 g/mol. The van der Waals surface area contributed by atoms with E-state index in [2.05, 4.69) is 9.97 Å². The summed E-state index contributed by atoms with van der Waals surface area (Å²) >= 11 is 0. The second-order valence-corrected chi connectivity index (χ2v) is 7.57. The van der Waals surface area contributed by atoms with Crippen molar-refractivity contribution in [1.29, 1.82) is 0 Å². The molecule has 4 N–H and O–H groups in total. The Morgan fingerprint density at radius 1 is 1.19 bits per heavy atom. The highest BCUT2D eigenvalue weighted by Gasteiger charge is 2.48. The average molecular weight is 362 g/mol. The van der Waals surface area contributed by atoms with Crippen molar-refractivity contribution < 1.29 is 19.7 Å². The standard InChI is InChI=1S/C18H26N4O4/c19-17-20-12-4-2-1-3-11(12)14(21-17)16(25)22-8-6-18(7-9-22)15(24)13(23)5-10-26-18/h13,15,23-24H,1-10H2,(H2,19,20,21)/t13-,15-/m0/s1. The lowest BCUT2D eigenvalue weighted by Crippen LogP contribution is -2.60. The predicted molar refractivity (Wildman–Crippen MR) is 93.5 cm³/mol. The van der Waals surface area contributed by atoms with Crippen molar-refractivity contribution in [3.63, 3.8) is 0 Å². The Labute approximate surface area is 152 Å². The Morgan fingerprint density at radius 2 is 1.92 bits per heavy atom. The Hall–Kier alpha value is -1.77. The van der Waals surface area contributed by atoms with E-state index < -0.39 is 17.8 Å². The number of fused-ring (bicyclic) bond motifs is 1. The van der Waals surface area contributed by atoms with Crippen LogP contribution in [0.5, 0.6) is 0 Å². The number of nitrogens with two attached hydrogens (primary N) is 1. The second kappa shape index (κ2) is 6.75. The van der Waals surface area contributed by atoms with Crippen LogP contribution in [0.2, 0.25) is 0 Å². The van der Waals surface area contributed by atoms with Gasteiger partial charge in [-0.1, -0.05) is 0 Å². The van der Waals surface area contributed by atoms with Gasteiger partial charge < -0.3 is 25.6 Å². The van der Waals surface area contributed by atoms with Crippen LogP contribution in [-0.4, -0.2) is 68.5 Å². The fraction of sp³-hybridized carbons (Fsp3) is 0.722. The third-order valence-electron chi connectivity index (χ3n) is 6.01. The number of hydrogen-bond acceptors (Lipinski definition) is 7. The lowest BCUT2D eigenvalue weighted by atomic mass is 9.80. The summed E-state index contributed by atoms with van der Waals surface area (Å²) < 4.78 is 5.84. The van der Waals surface area contributed by atoms with Crippen molar-refractivity contribution >= 4 is 11.9 Å². The first-order chi connectivity index (χ1) is 12.5. The highest BCUT2D eigenvalue weighted by Crippen LogP contribution is 2.36. The minimum atomic E-state index is -0.907. The molecule has 0 aromatic carbocycles. The summed E-state index contributed by atoms with van der Waals surface area (Å²) in [6, 6.07) is 0. The number of ether oxygens (including phenoxy) is 1. The van der Waals surface area contributed by atoms with Crippen LogP contribution in [0.4, 0.5) is 5.95 Å². The molecule has 8 nitrogen and oxygen atoms in total.